The van der Waals surface area contributed by atoms with Crippen molar-refractivity contribution in [2.45, 2.75) is 9.96 Å². The number of para-hydroxylation sites is 1. The number of carbonyl (C=O) groups is 1. The van der Waals surface area contributed by atoms with E-state index in [0.29, 0.717) is 11.3 Å². The molecule has 3 rings (SSSR count). The molecule has 0 aliphatic carbocycles. The van der Waals surface area contributed by atoms with E-state index < -0.39 is 10.1 Å². The lowest BCUT2D eigenvalue weighted by molar-refractivity contribution is -0.117. The summed E-state index contributed by atoms with van der Waals surface area (Å²) in [4.78, 5) is 12.2. The van der Waals surface area contributed by atoms with Crippen LogP contribution in [0.15, 0.2) is 65.6 Å². The predicted molar refractivity (Wildman–Crippen MR) is 97.0 cm³/mol. The first-order valence-electron chi connectivity index (χ1n) is 7.21. The monoisotopic (exact) mass is 354 g/mol. The van der Waals surface area contributed by atoms with Crippen LogP contribution in [0.1, 0.15) is 11.1 Å². The molecule has 4 nitrogen and oxygen atoms in total. The highest BCUT2D eigenvalue weighted by Gasteiger charge is 2.40. The van der Waals surface area contributed by atoms with Gasteiger partial charge in [-0.25, -0.2) is 0 Å². The fourth-order valence-electron chi connectivity index (χ4n) is 2.31. The Balaban J connectivity index is 1.96. The fraction of sp³-hybridized carbons (Fsp3) is 0.111. The first kappa shape index (κ1) is 16.5. The predicted octanol–water partition coefficient (Wildman–Crippen LogP) is 3.71. The molecule has 2 aromatic carbocycles. The Bertz CT molecular complexity index is 830. The average Bonchev–Trinajstić information content (AvgIpc) is 2.61. The van der Waals surface area contributed by atoms with Crippen LogP contribution in [0, 0.1) is 11.3 Å². The van der Waals surface area contributed by atoms with Crippen molar-refractivity contribution in [3.8, 4) is 11.8 Å². The Hall–Kier alpha value is -2.36. The van der Waals surface area contributed by atoms with Crippen LogP contribution in [0.25, 0.3) is 0 Å². The van der Waals surface area contributed by atoms with Gasteiger partial charge in [-0.05, 0) is 17.0 Å². The molecule has 0 fully saturated rings. The smallest absolute Gasteiger partial charge is 0.264 e. The minimum atomic E-state index is -0.876. The summed E-state index contributed by atoms with van der Waals surface area (Å²) >= 11 is 2.82. The van der Waals surface area contributed by atoms with Gasteiger partial charge in [0.25, 0.3) is 5.91 Å². The van der Waals surface area contributed by atoms with Crippen molar-refractivity contribution >= 4 is 29.4 Å². The van der Waals surface area contributed by atoms with Gasteiger partial charge in [-0.15, -0.1) is 11.8 Å². The normalized spacial score (nSPS) is 20.0. The third-order valence-electron chi connectivity index (χ3n) is 3.53. The number of nitrogens with zero attached hydrogens (tertiary/aromatic N) is 1. The van der Waals surface area contributed by atoms with Gasteiger partial charge < -0.3 is 10.4 Å². The van der Waals surface area contributed by atoms with Crippen LogP contribution < -0.4 is 5.32 Å². The molecule has 1 atom stereocenters. The van der Waals surface area contributed by atoms with E-state index in [9.17, 15) is 9.90 Å². The van der Waals surface area contributed by atoms with E-state index in [2.05, 4.69) is 5.32 Å². The molecule has 0 bridgehead atoms. The number of carbonyl (C=O) groups excluding carboxylic acids is 1. The summed E-state index contributed by atoms with van der Waals surface area (Å²) in [5, 5.41) is 23.7. The second-order valence-electron chi connectivity index (χ2n) is 5.12. The molecule has 24 heavy (non-hydrogen) atoms. The Morgan fingerprint density at radius 2 is 1.88 bits per heavy atom. The zero-order chi connectivity index (χ0) is 17.0. The van der Waals surface area contributed by atoms with E-state index in [-0.39, 0.29) is 11.3 Å². The molecule has 0 spiro atoms. The lowest BCUT2D eigenvalue weighted by atomic mass is 10.2. The maximum Gasteiger partial charge on any atom is 0.264 e. The standard InChI is InChI=1S/C18H14N2O2S2/c19-10-14-12-24-18(20-17(14)22,15-8-4-5-9-16(15)21)23-11-13-6-2-1-3-7-13/h1-9,12,21H,11H2,(H,20,22). The van der Waals surface area contributed by atoms with Crippen LogP contribution in [-0.4, -0.2) is 11.0 Å². The number of rotatable bonds is 4. The van der Waals surface area contributed by atoms with Crippen molar-refractivity contribution in [3.63, 3.8) is 0 Å². The van der Waals surface area contributed by atoms with Crippen molar-refractivity contribution in [2.75, 3.05) is 0 Å². The minimum Gasteiger partial charge on any atom is -0.508 e. The van der Waals surface area contributed by atoms with Gasteiger partial charge in [0, 0.05) is 11.3 Å². The molecule has 120 valence electrons. The van der Waals surface area contributed by atoms with E-state index in [1.54, 1.807) is 23.6 Å². The molecule has 2 aromatic rings. The Labute approximate surface area is 148 Å². The zero-order valence-electron chi connectivity index (χ0n) is 12.6. The topological polar surface area (TPSA) is 73.1 Å². The molecular weight excluding hydrogens is 340 g/mol. The number of benzene rings is 2. The number of nitrogens with one attached hydrogen (secondary N) is 1. The van der Waals surface area contributed by atoms with E-state index in [4.69, 9.17) is 5.26 Å². The summed E-state index contributed by atoms with van der Waals surface area (Å²) in [5.41, 5.74) is 1.80. The molecule has 0 aromatic heterocycles. The lowest BCUT2D eigenvalue weighted by Crippen LogP contribution is -2.43. The van der Waals surface area contributed by atoms with E-state index in [0.717, 1.165) is 5.56 Å². The van der Waals surface area contributed by atoms with Crippen LogP contribution in [-0.2, 0) is 14.8 Å². The fourth-order valence-corrected chi connectivity index (χ4v) is 4.85. The van der Waals surface area contributed by atoms with Crippen molar-refractivity contribution in [2.24, 2.45) is 0 Å². The Morgan fingerprint density at radius 3 is 2.54 bits per heavy atom. The third-order valence-corrected chi connectivity index (χ3v) is 6.39. The Morgan fingerprint density at radius 1 is 1.17 bits per heavy atom. The molecule has 0 saturated heterocycles. The summed E-state index contributed by atoms with van der Waals surface area (Å²) in [6.07, 6.45) is 0. The highest BCUT2D eigenvalue weighted by Crippen LogP contribution is 2.50. The first-order chi connectivity index (χ1) is 11.6. The van der Waals surface area contributed by atoms with Crippen LogP contribution in [0.4, 0.5) is 0 Å². The molecule has 1 unspecified atom stereocenters. The summed E-state index contributed by atoms with van der Waals surface area (Å²) in [6.45, 7) is 0. The molecule has 0 saturated carbocycles. The van der Waals surface area contributed by atoms with Gasteiger partial charge in [0.2, 0.25) is 0 Å². The van der Waals surface area contributed by atoms with Gasteiger partial charge >= 0.3 is 0 Å². The molecule has 2 N–H and O–H groups in total. The van der Waals surface area contributed by atoms with Crippen molar-refractivity contribution in [1.29, 1.82) is 5.26 Å². The molecule has 1 heterocycles. The third kappa shape index (κ3) is 3.28. The maximum atomic E-state index is 12.2. The molecule has 1 amide bonds. The molecule has 1 aliphatic rings. The highest BCUT2D eigenvalue weighted by atomic mass is 32.2. The zero-order valence-corrected chi connectivity index (χ0v) is 14.2. The summed E-state index contributed by atoms with van der Waals surface area (Å²) < 4.78 is -0.876. The van der Waals surface area contributed by atoms with Crippen LogP contribution >= 0.6 is 23.5 Å². The van der Waals surface area contributed by atoms with Crippen LogP contribution in [0.2, 0.25) is 0 Å². The van der Waals surface area contributed by atoms with Gasteiger partial charge in [0.05, 0.1) is 0 Å². The quantitative estimate of drug-likeness (QED) is 0.876. The molecule has 1 aliphatic heterocycles. The van der Waals surface area contributed by atoms with Gasteiger partial charge in [0.1, 0.15) is 17.4 Å². The number of thioether (sulfide) groups is 2. The number of hydrogen-bond donors (Lipinski definition) is 2. The minimum absolute atomic E-state index is 0.0753. The van der Waals surface area contributed by atoms with Crippen LogP contribution in [0.3, 0.4) is 0 Å². The summed E-state index contributed by atoms with van der Waals surface area (Å²) in [6, 6.07) is 18.7. The number of phenolic OH excluding ortho intramolecular Hbond substituents is 1. The molecular formula is C18H14N2O2S2. The summed E-state index contributed by atoms with van der Waals surface area (Å²) in [7, 11) is 0. The average molecular weight is 354 g/mol. The number of hydrogen-bond acceptors (Lipinski definition) is 5. The summed E-state index contributed by atoms with van der Waals surface area (Å²) in [5.74, 6) is 0.331. The number of amides is 1. The maximum absolute atomic E-state index is 12.2. The SMILES string of the molecule is N#CC1=CSC(SCc2ccccc2)(c2ccccc2O)NC1=O. The molecule has 0 radical (unpaired) electrons. The Kier molecular flexibility index (Phi) is 4.84. The van der Waals surface area contributed by atoms with Crippen LogP contribution in [0.5, 0.6) is 5.75 Å². The van der Waals surface area contributed by atoms with E-state index >= 15 is 0 Å². The van der Waals surface area contributed by atoms with Crippen molar-refractivity contribution in [1.82, 2.24) is 5.32 Å². The van der Waals surface area contributed by atoms with E-state index in [1.807, 2.05) is 42.5 Å². The second-order valence-corrected chi connectivity index (χ2v) is 7.66. The van der Waals surface area contributed by atoms with Crippen molar-refractivity contribution in [3.05, 3.63) is 76.7 Å². The van der Waals surface area contributed by atoms with Gasteiger partial charge in [-0.3, -0.25) is 4.79 Å². The first-order valence-corrected chi connectivity index (χ1v) is 9.08. The number of phenols is 1. The number of aromatic hydroxyl groups is 1. The van der Waals surface area contributed by atoms with E-state index in [1.165, 1.54) is 23.5 Å². The second kappa shape index (κ2) is 7.04. The molecule has 6 heteroatoms. The lowest BCUT2D eigenvalue weighted by Gasteiger charge is -2.35. The van der Waals surface area contributed by atoms with Gasteiger partial charge in [-0.2, -0.15) is 5.26 Å². The highest BCUT2D eigenvalue weighted by molar-refractivity contribution is 8.18. The van der Waals surface area contributed by atoms with Gasteiger partial charge in [-0.1, -0.05) is 60.3 Å². The largest absolute Gasteiger partial charge is 0.508 e. The van der Waals surface area contributed by atoms with Crippen molar-refractivity contribution < 1.29 is 9.90 Å². The van der Waals surface area contributed by atoms with Gasteiger partial charge in [0.15, 0.2) is 4.20 Å². The number of nitriles is 1.